The Hall–Kier alpha value is -0.840. The van der Waals surface area contributed by atoms with Crippen LogP contribution in [0.2, 0.25) is 0 Å². The van der Waals surface area contributed by atoms with Gasteiger partial charge >= 0.3 is 0 Å². The average Bonchev–Trinajstić information content (AvgIpc) is 2.38. The molecule has 1 saturated heterocycles. The van der Waals surface area contributed by atoms with Gasteiger partial charge in [0.2, 0.25) is 0 Å². The van der Waals surface area contributed by atoms with Gasteiger partial charge in [0.25, 0.3) is 0 Å². The van der Waals surface area contributed by atoms with E-state index in [9.17, 15) is 0 Å². The summed E-state index contributed by atoms with van der Waals surface area (Å²) in [5.41, 5.74) is 5.96. The van der Waals surface area contributed by atoms with Gasteiger partial charge in [-0.1, -0.05) is 0 Å². The molecule has 2 aliphatic rings. The van der Waals surface area contributed by atoms with Crippen LogP contribution >= 0.6 is 11.8 Å². The lowest BCUT2D eigenvalue weighted by atomic mass is 10.2. The fourth-order valence-corrected chi connectivity index (χ4v) is 2.71. The smallest absolute Gasteiger partial charge is 0.191 e. The first-order valence-electron chi connectivity index (χ1n) is 5.79. The van der Waals surface area contributed by atoms with Crippen molar-refractivity contribution >= 4 is 17.7 Å². The van der Waals surface area contributed by atoms with Gasteiger partial charge in [-0.25, -0.2) is 4.99 Å². The lowest BCUT2D eigenvalue weighted by Gasteiger charge is -2.27. The number of ether oxygens (including phenoxy) is 1. The zero-order valence-corrected chi connectivity index (χ0v) is 10.3. The minimum atomic E-state index is 0.211. The first-order valence-corrected chi connectivity index (χ1v) is 6.95. The number of aliphatic imine (C=N–C) groups is 1. The molecule has 2 rings (SSSR count). The fourth-order valence-electron chi connectivity index (χ4n) is 1.81. The van der Waals surface area contributed by atoms with Crippen molar-refractivity contribution in [3.63, 3.8) is 0 Å². The van der Waals surface area contributed by atoms with Crippen molar-refractivity contribution in [3.05, 3.63) is 12.3 Å². The number of rotatable bonds is 2. The maximum atomic E-state index is 5.96. The van der Waals surface area contributed by atoms with Crippen LogP contribution in [-0.4, -0.2) is 48.1 Å². The van der Waals surface area contributed by atoms with Crippen LogP contribution in [0.1, 0.15) is 12.8 Å². The van der Waals surface area contributed by atoms with Gasteiger partial charge in [0.1, 0.15) is 6.10 Å². The van der Waals surface area contributed by atoms with Crippen molar-refractivity contribution in [2.45, 2.75) is 18.9 Å². The Morgan fingerprint density at radius 1 is 1.50 bits per heavy atom. The van der Waals surface area contributed by atoms with Crippen molar-refractivity contribution in [2.75, 3.05) is 31.1 Å². The van der Waals surface area contributed by atoms with E-state index in [2.05, 4.69) is 9.89 Å². The lowest BCUT2D eigenvalue weighted by Crippen LogP contribution is -2.43. The third-order valence-corrected chi connectivity index (χ3v) is 3.76. The molecule has 1 fully saturated rings. The monoisotopic (exact) mass is 241 g/mol. The number of nitrogens with zero attached hydrogens (tertiary/aromatic N) is 2. The number of nitrogens with two attached hydrogens (primary N) is 1. The zero-order chi connectivity index (χ0) is 11.2. The molecule has 0 amide bonds. The molecule has 0 aromatic heterocycles. The molecular formula is C11H19N3OS. The van der Waals surface area contributed by atoms with Crippen molar-refractivity contribution in [2.24, 2.45) is 10.7 Å². The minimum absolute atomic E-state index is 0.211. The quantitative estimate of drug-likeness (QED) is 0.580. The Labute approximate surface area is 101 Å². The highest BCUT2D eigenvalue weighted by Crippen LogP contribution is 2.11. The number of allylic oxidation sites excluding steroid dienone is 1. The maximum absolute atomic E-state index is 5.96. The van der Waals surface area contributed by atoms with Crippen LogP contribution in [0.5, 0.6) is 0 Å². The molecule has 2 N–H and O–H groups in total. The molecule has 0 aliphatic carbocycles. The van der Waals surface area contributed by atoms with Crippen molar-refractivity contribution < 1.29 is 4.74 Å². The Balaban J connectivity index is 1.78. The number of hydrogen-bond donors (Lipinski definition) is 1. The molecule has 0 aromatic carbocycles. The number of hydrogen-bond acceptors (Lipinski definition) is 3. The molecule has 90 valence electrons. The third kappa shape index (κ3) is 3.33. The topological polar surface area (TPSA) is 50.9 Å². The summed E-state index contributed by atoms with van der Waals surface area (Å²) in [6.07, 6.45) is 6.16. The predicted octanol–water partition coefficient (Wildman–Crippen LogP) is 1.04. The van der Waals surface area contributed by atoms with Gasteiger partial charge < -0.3 is 15.4 Å². The Kier molecular flexibility index (Phi) is 4.39. The maximum Gasteiger partial charge on any atom is 0.191 e. The van der Waals surface area contributed by atoms with E-state index in [0.29, 0.717) is 12.5 Å². The van der Waals surface area contributed by atoms with E-state index in [1.54, 1.807) is 6.26 Å². The summed E-state index contributed by atoms with van der Waals surface area (Å²) in [5.74, 6) is 2.98. The Bertz CT molecular complexity index is 274. The van der Waals surface area contributed by atoms with Crippen molar-refractivity contribution in [1.29, 1.82) is 0 Å². The SMILES string of the molecule is NC(=NCC1CCC=CO1)N1CCSCC1. The summed E-state index contributed by atoms with van der Waals surface area (Å²) in [4.78, 5) is 6.59. The van der Waals surface area contributed by atoms with Gasteiger partial charge in [-0.3, -0.25) is 0 Å². The molecule has 0 aromatic rings. The van der Waals surface area contributed by atoms with E-state index < -0.39 is 0 Å². The van der Waals surface area contributed by atoms with Crippen LogP contribution in [0.4, 0.5) is 0 Å². The summed E-state index contributed by atoms with van der Waals surface area (Å²) in [6.45, 7) is 2.72. The number of guanidine groups is 1. The summed E-state index contributed by atoms with van der Waals surface area (Å²) < 4.78 is 5.45. The molecule has 0 spiro atoms. The standard InChI is InChI=1S/C11H19N3OS/c12-11(14-4-7-16-8-5-14)13-9-10-3-1-2-6-15-10/h2,6,10H,1,3-5,7-9H2,(H2,12,13). The second-order valence-electron chi connectivity index (χ2n) is 4.01. The van der Waals surface area contributed by atoms with Gasteiger partial charge in [-0.2, -0.15) is 11.8 Å². The summed E-state index contributed by atoms with van der Waals surface area (Å²) in [6, 6.07) is 0. The van der Waals surface area contributed by atoms with E-state index in [-0.39, 0.29) is 6.10 Å². The molecular weight excluding hydrogens is 222 g/mol. The van der Waals surface area contributed by atoms with Crippen molar-refractivity contribution in [3.8, 4) is 0 Å². The summed E-state index contributed by atoms with van der Waals surface area (Å²) >= 11 is 1.98. The van der Waals surface area contributed by atoms with Crippen LogP contribution in [0.3, 0.4) is 0 Å². The predicted molar refractivity (Wildman–Crippen MR) is 68.6 cm³/mol. The van der Waals surface area contributed by atoms with Crippen LogP contribution in [-0.2, 0) is 4.74 Å². The van der Waals surface area contributed by atoms with E-state index in [0.717, 1.165) is 37.4 Å². The highest BCUT2D eigenvalue weighted by Gasteiger charge is 2.14. The van der Waals surface area contributed by atoms with Crippen LogP contribution in [0.15, 0.2) is 17.3 Å². The Morgan fingerprint density at radius 2 is 2.31 bits per heavy atom. The second kappa shape index (κ2) is 6.03. The molecule has 16 heavy (non-hydrogen) atoms. The summed E-state index contributed by atoms with van der Waals surface area (Å²) in [5, 5.41) is 0. The van der Waals surface area contributed by atoms with E-state index >= 15 is 0 Å². The van der Waals surface area contributed by atoms with Crippen molar-refractivity contribution in [1.82, 2.24) is 4.90 Å². The molecule has 0 radical (unpaired) electrons. The third-order valence-electron chi connectivity index (χ3n) is 2.81. The first kappa shape index (κ1) is 11.6. The second-order valence-corrected chi connectivity index (χ2v) is 5.23. The molecule has 1 atom stereocenters. The van der Waals surface area contributed by atoms with Gasteiger partial charge in [-0.15, -0.1) is 0 Å². The molecule has 5 heteroatoms. The van der Waals surface area contributed by atoms with Crippen LogP contribution in [0, 0.1) is 0 Å². The lowest BCUT2D eigenvalue weighted by molar-refractivity contribution is 0.131. The normalized spacial score (nSPS) is 26.6. The minimum Gasteiger partial charge on any atom is -0.496 e. The molecule has 2 heterocycles. The van der Waals surface area contributed by atoms with Crippen LogP contribution in [0.25, 0.3) is 0 Å². The Morgan fingerprint density at radius 3 is 3.00 bits per heavy atom. The number of thioether (sulfide) groups is 1. The van der Waals surface area contributed by atoms with Gasteiger partial charge in [0, 0.05) is 24.6 Å². The van der Waals surface area contributed by atoms with E-state index in [1.165, 1.54) is 0 Å². The first-order chi connectivity index (χ1) is 7.86. The fraction of sp³-hybridized carbons (Fsp3) is 0.727. The molecule has 1 unspecified atom stereocenters. The molecule has 0 saturated carbocycles. The average molecular weight is 241 g/mol. The highest BCUT2D eigenvalue weighted by atomic mass is 32.2. The largest absolute Gasteiger partial charge is 0.496 e. The van der Waals surface area contributed by atoms with E-state index in [1.807, 2.05) is 17.8 Å². The van der Waals surface area contributed by atoms with Crippen LogP contribution < -0.4 is 5.73 Å². The van der Waals surface area contributed by atoms with Gasteiger partial charge in [-0.05, 0) is 18.9 Å². The molecule has 2 aliphatic heterocycles. The highest BCUT2D eigenvalue weighted by molar-refractivity contribution is 7.99. The van der Waals surface area contributed by atoms with Gasteiger partial charge in [0.15, 0.2) is 5.96 Å². The molecule has 0 bridgehead atoms. The van der Waals surface area contributed by atoms with E-state index in [4.69, 9.17) is 10.5 Å². The van der Waals surface area contributed by atoms with Gasteiger partial charge in [0.05, 0.1) is 12.8 Å². The molecule has 4 nitrogen and oxygen atoms in total. The summed E-state index contributed by atoms with van der Waals surface area (Å²) in [7, 11) is 0. The zero-order valence-electron chi connectivity index (χ0n) is 9.47.